The van der Waals surface area contributed by atoms with Gasteiger partial charge in [-0.1, -0.05) is 22.4 Å². The molecule has 7 nitrogen and oxygen atoms in total. The summed E-state index contributed by atoms with van der Waals surface area (Å²) >= 11 is 0. The first-order chi connectivity index (χ1) is 12.5. The van der Waals surface area contributed by atoms with E-state index in [2.05, 4.69) is 27.5 Å². The third kappa shape index (κ3) is 5.55. The van der Waals surface area contributed by atoms with Gasteiger partial charge < -0.3 is 19.1 Å². The van der Waals surface area contributed by atoms with Gasteiger partial charge in [-0.3, -0.25) is 0 Å². The van der Waals surface area contributed by atoms with Crippen LogP contribution in [0.3, 0.4) is 0 Å². The molecule has 0 radical (unpaired) electrons. The van der Waals surface area contributed by atoms with Crippen molar-refractivity contribution < 1.29 is 13.8 Å². The number of hydrogen-bond donors (Lipinski definition) is 1. The minimum Gasteiger partial charge on any atom is -0.489 e. The average molecular weight is 393 g/mol. The Hall–Kier alpha value is -2.38. The van der Waals surface area contributed by atoms with Gasteiger partial charge in [-0.25, -0.2) is 0 Å². The van der Waals surface area contributed by atoms with Gasteiger partial charge in [0.05, 0.1) is 17.7 Å². The summed E-state index contributed by atoms with van der Waals surface area (Å²) in [6.07, 6.45) is 1.35. The summed E-state index contributed by atoms with van der Waals surface area (Å²) in [4.78, 5) is 4.44. The summed E-state index contributed by atoms with van der Waals surface area (Å²) in [5.41, 5.74) is 2.94. The van der Waals surface area contributed by atoms with Crippen LogP contribution in [-0.4, -0.2) is 28.4 Å². The van der Waals surface area contributed by atoms with Crippen molar-refractivity contribution in [1.82, 2.24) is 20.6 Å². The van der Waals surface area contributed by atoms with Crippen LogP contribution < -0.4 is 10.1 Å². The summed E-state index contributed by atoms with van der Waals surface area (Å²) in [5.74, 6) is 2.93. The molecule has 0 amide bonds. The predicted molar refractivity (Wildman–Crippen MR) is 103 cm³/mol. The van der Waals surface area contributed by atoms with Gasteiger partial charge in [0.15, 0.2) is 5.82 Å². The van der Waals surface area contributed by atoms with Crippen molar-refractivity contribution >= 4 is 12.4 Å². The Balaban J connectivity index is 0.00000261. The first kappa shape index (κ1) is 20.9. The average Bonchev–Trinajstić information content (AvgIpc) is 3.21. The highest BCUT2D eigenvalue weighted by Gasteiger charge is 2.11. The van der Waals surface area contributed by atoms with Crippen molar-refractivity contribution in [3.05, 3.63) is 58.6 Å². The zero-order chi connectivity index (χ0) is 18.5. The Morgan fingerprint density at radius 1 is 1.11 bits per heavy atom. The largest absolute Gasteiger partial charge is 0.489 e. The minimum atomic E-state index is 0. The fourth-order valence-electron chi connectivity index (χ4n) is 2.56. The van der Waals surface area contributed by atoms with E-state index in [4.69, 9.17) is 13.8 Å². The number of likely N-dealkylation sites (N-methyl/N-ethyl adjacent to an activating group) is 1. The Kier molecular flexibility index (Phi) is 7.38. The molecule has 2 heterocycles. The lowest BCUT2D eigenvalue weighted by Crippen LogP contribution is -2.24. The van der Waals surface area contributed by atoms with E-state index in [9.17, 15) is 0 Å². The molecule has 0 bridgehead atoms. The van der Waals surface area contributed by atoms with E-state index in [0.29, 0.717) is 25.0 Å². The first-order valence-corrected chi connectivity index (χ1v) is 8.67. The number of halogens is 1. The van der Waals surface area contributed by atoms with Crippen molar-refractivity contribution in [3.8, 4) is 5.75 Å². The van der Waals surface area contributed by atoms with E-state index in [1.54, 1.807) is 0 Å². The van der Waals surface area contributed by atoms with Crippen molar-refractivity contribution in [2.75, 3.05) is 7.05 Å². The second kappa shape index (κ2) is 9.53. The molecule has 3 aromatic rings. The van der Waals surface area contributed by atoms with Crippen molar-refractivity contribution in [2.24, 2.45) is 0 Å². The van der Waals surface area contributed by atoms with Gasteiger partial charge >= 0.3 is 0 Å². The Labute approximate surface area is 164 Å². The monoisotopic (exact) mass is 392 g/mol. The van der Waals surface area contributed by atoms with Crippen LogP contribution in [0.1, 0.15) is 41.2 Å². The molecule has 1 aromatic carbocycles. The summed E-state index contributed by atoms with van der Waals surface area (Å²) in [6.45, 7) is 6.32. The molecule has 0 saturated carbocycles. The zero-order valence-corrected chi connectivity index (χ0v) is 16.8. The van der Waals surface area contributed by atoms with E-state index < -0.39 is 0 Å². The van der Waals surface area contributed by atoms with Crippen LogP contribution in [0.2, 0.25) is 0 Å². The molecule has 8 heteroatoms. The summed E-state index contributed by atoms with van der Waals surface area (Å²) in [5, 5.41) is 11.1. The molecule has 2 aromatic heterocycles. The van der Waals surface area contributed by atoms with Crippen LogP contribution in [-0.2, 0) is 19.4 Å². The third-order valence-corrected chi connectivity index (χ3v) is 4.33. The molecule has 27 heavy (non-hydrogen) atoms. The smallest absolute Gasteiger partial charge is 0.231 e. The molecule has 1 atom stereocenters. The molecule has 146 valence electrons. The number of aryl methyl sites for hydroxylation is 2. The fraction of sp³-hybridized carbons (Fsp3) is 0.421. The Morgan fingerprint density at radius 3 is 2.48 bits per heavy atom. The quantitative estimate of drug-likeness (QED) is 0.628. The maximum Gasteiger partial charge on any atom is 0.231 e. The minimum absolute atomic E-state index is 0. The highest BCUT2D eigenvalue weighted by atomic mass is 35.5. The topological polar surface area (TPSA) is 86.2 Å². The molecule has 3 rings (SSSR count). The Morgan fingerprint density at radius 2 is 1.85 bits per heavy atom. The lowest BCUT2D eigenvalue weighted by molar-refractivity contribution is 0.301. The van der Waals surface area contributed by atoms with Crippen molar-refractivity contribution in [3.63, 3.8) is 0 Å². The molecular formula is C19H25ClN4O3. The van der Waals surface area contributed by atoms with Crippen LogP contribution in [0.25, 0.3) is 0 Å². The molecular weight excluding hydrogens is 368 g/mol. The number of hydrogen-bond acceptors (Lipinski definition) is 7. The fourth-order valence-corrected chi connectivity index (χ4v) is 2.56. The molecule has 0 aliphatic heterocycles. The van der Waals surface area contributed by atoms with Crippen LogP contribution in [0.5, 0.6) is 5.75 Å². The second-order valence-electron chi connectivity index (χ2n) is 6.41. The summed E-state index contributed by atoms with van der Waals surface area (Å²) in [6, 6.07) is 8.20. The van der Waals surface area contributed by atoms with E-state index >= 15 is 0 Å². The molecule has 1 unspecified atom stereocenters. The highest BCUT2D eigenvalue weighted by molar-refractivity contribution is 5.85. The molecule has 1 N–H and O–H groups in total. The molecule has 0 aliphatic carbocycles. The number of aromatic nitrogens is 3. The standard InChI is InChI=1S/C19H24N4O3.ClH/c1-12(20-4)9-18-21-19(26-23-18)10-15-5-7-16(8-6-15)24-11-17-13(2)22-25-14(17)3;/h5-8,12,20H,9-11H2,1-4H3;1H. The van der Waals surface area contributed by atoms with Gasteiger partial charge in [0.1, 0.15) is 18.1 Å². The lowest BCUT2D eigenvalue weighted by atomic mass is 10.1. The summed E-state index contributed by atoms with van der Waals surface area (Å²) in [7, 11) is 1.92. The molecule has 0 saturated heterocycles. The van der Waals surface area contributed by atoms with E-state index in [1.165, 1.54) is 0 Å². The first-order valence-electron chi connectivity index (χ1n) is 8.67. The van der Waals surface area contributed by atoms with Crippen LogP contribution >= 0.6 is 12.4 Å². The van der Waals surface area contributed by atoms with Crippen LogP contribution in [0, 0.1) is 13.8 Å². The van der Waals surface area contributed by atoms with E-state index in [1.807, 2.05) is 45.2 Å². The third-order valence-electron chi connectivity index (χ3n) is 4.33. The number of nitrogens with one attached hydrogen (secondary N) is 1. The maximum atomic E-state index is 5.82. The molecule has 0 spiro atoms. The van der Waals surface area contributed by atoms with Gasteiger partial charge in [0.25, 0.3) is 0 Å². The van der Waals surface area contributed by atoms with Gasteiger partial charge in [-0.15, -0.1) is 12.4 Å². The normalized spacial score (nSPS) is 11.9. The van der Waals surface area contributed by atoms with E-state index in [0.717, 1.165) is 40.6 Å². The maximum absolute atomic E-state index is 5.82. The van der Waals surface area contributed by atoms with Crippen molar-refractivity contribution in [2.45, 2.75) is 46.3 Å². The lowest BCUT2D eigenvalue weighted by Gasteiger charge is -2.06. The number of benzene rings is 1. The molecule has 0 aliphatic rings. The van der Waals surface area contributed by atoms with Crippen LogP contribution in [0.15, 0.2) is 33.3 Å². The zero-order valence-electron chi connectivity index (χ0n) is 16.0. The van der Waals surface area contributed by atoms with Gasteiger partial charge in [0.2, 0.25) is 5.89 Å². The SMILES string of the molecule is CNC(C)Cc1noc(Cc2ccc(OCc3c(C)noc3C)cc2)n1.Cl. The van der Waals surface area contributed by atoms with Crippen LogP contribution in [0.4, 0.5) is 0 Å². The highest BCUT2D eigenvalue weighted by Crippen LogP contribution is 2.19. The number of rotatable bonds is 8. The summed E-state index contributed by atoms with van der Waals surface area (Å²) < 4.78 is 16.3. The van der Waals surface area contributed by atoms with Crippen molar-refractivity contribution in [1.29, 1.82) is 0 Å². The van der Waals surface area contributed by atoms with Gasteiger partial charge in [-0.05, 0) is 45.5 Å². The Bertz CT molecular complexity index is 826. The van der Waals surface area contributed by atoms with E-state index in [-0.39, 0.29) is 12.4 Å². The number of nitrogens with zero attached hydrogens (tertiary/aromatic N) is 3. The molecule has 0 fully saturated rings. The van der Waals surface area contributed by atoms with Gasteiger partial charge in [0, 0.05) is 12.5 Å². The number of ether oxygens (including phenoxy) is 1. The predicted octanol–water partition coefficient (Wildman–Crippen LogP) is 3.42. The van der Waals surface area contributed by atoms with Gasteiger partial charge in [-0.2, -0.15) is 4.98 Å². The second-order valence-corrected chi connectivity index (χ2v) is 6.41.